The number of thioether (sulfide) groups is 1. The van der Waals surface area contributed by atoms with E-state index in [9.17, 15) is 4.79 Å². The highest BCUT2D eigenvalue weighted by Crippen LogP contribution is 2.34. The lowest BCUT2D eigenvalue weighted by atomic mass is 10.1. The Bertz CT molecular complexity index is 946. The predicted molar refractivity (Wildman–Crippen MR) is 111 cm³/mol. The zero-order valence-electron chi connectivity index (χ0n) is 15.8. The minimum Gasteiger partial charge on any atom is -0.486 e. The quantitative estimate of drug-likeness (QED) is 0.582. The number of aryl methyl sites for hydroxylation is 1. The zero-order valence-corrected chi connectivity index (χ0v) is 17.4. The molecule has 0 saturated heterocycles. The number of hydrogen-bond acceptors (Lipinski definition) is 5. The van der Waals surface area contributed by atoms with Gasteiger partial charge in [-0.3, -0.25) is 9.89 Å². The Kier molecular flexibility index (Phi) is 6.59. The van der Waals surface area contributed by atoms with Crippen LogP contribution in [0.4, 0.5) is 0 Å². The van der Waals surface area contributed by atoms with E-state index in [4.69, 9.17) is 16.3 Å². The molecule has 1 heterocycles. The van der Waals surface area contributed by atoms with Crippen LogP contribution in [0.3, 0.4) is 0 Å². The number of aromatic nitrogens is 3. The average molecular weight is 417 g/mol. The maximum atomic E-state index is 12.6. The van der Waals surface area contributed by atoms with Crippen LogP contribution in [0.1, 0.15) is 22.2 Å². The molecule has 2 aromatic carbocycles. The third-order valence-electron chi connectivity index (χ3n) is 4.01. The molecule has 0 aliphatic heterocycles. The summed E-state index contributed by atoms with van der Waals surface area (Å²) in [6.07, 6.45) is 0. The molecule has 0 unspecified atom stereocenters. The van der Waals surface area contributed by atoms with Gasteiger partial charge in [0.25, 0.3) is 0 Å². The summed E-state index contributed by atoms with van der Waals surface area (Å²) in [4.78, 5) is 18.6. The van der Waals surface area contributed by atoms with Crippen molar-refractivity contribution in [2.75, 3.05) is 14.1 Å². The number of carbonyl (C=O) groups excluding carboxylic acids is 1. The largest absolute Gasteiger partial charge is 0.486 e. The number of amides is 1. The summed E-state index contributed by atoms with van der Waals surface area (Å²) in [5.41, 5.74) is 1.85. The maximum absolute atomic E-state index is 12.6. The van der Waals surface area contributed by atoms with E-state index in [0.29, 0.717) is 21.8 Å². The maximum Gasteiger partial charge on any atom is 0.240 e. The van der Waals surface area contributed by atoms with Crippen molar-refractivity contribution in [3.63, 3.8) is 0 Å². The van der Waals surface area contributed by atoms with Crippen molar-refractivity contribution in [3.8, 4) is 5.75 Å². The lowest BCUT2D eigenvalue weighted by Gasteiger charge is -2.19. The van der Waals surface area contributed by atoms with Crippen LogP contribution in [-0.4, -0.2) is 40.1 Å². The van der Waals surface area contributed by atoms with Crippen LogP contribution >= 0.6 is 23.4 Å². The van der Waals surface area contributed by atoms with Crippen molar-refractivity contribution in [1.29, 1.82) is 0 Å². The first-order valence-electron chi connectivity index (χ1n) is 8.67. The molecule has 3 aromatic rings. The number of benzene rings is 2. The molecular weight excluding hydrogens is 396 g/mol. The molecule has 1 aromatic heterocycles. The Morgan fingerprint density at radius 1 is 1.25 bits per heavy atom. The van der Waals surface area contributed by atoms with Gasteiger partial charge in [-0.15, -0.1) is 5.10 Å². The minimum atomic E-state index is -0.417. The zero-order chi connectivity index (χ0) is 20.1. The van der Waals surface area contributed by atoms with Gasteiger partial charge in [-0.05, 0) is 36.2 Å². The van der Waals surface area contributed by atoms with Gasteiger partial charge in [0.05, 0.1) is 0 Å². The number of H-pyrrole nitrogens is 1. The van der Waals surface area contributed by atoms with Crippen LogP contribution in [0.15, 0.2) is 53.7 Å². The van der Waals surface area contributed by atoms with Crippen LogP contribution in [0.2, 0.25) is 5.02 Å². The number of likely N-dealkylation sites (N-methyl/N-ethyl adjacent to an activating group) is 1. The highest BCUT2D eigenvalue weighted by molar-refractivity contribution is 8.00. The third kappa shape index (κ3) is 5.05. The van der Waals surface area contributed by atoms with Crippen molar-refractivity contribution < 1.29 is 9.53 Å². The Labute approximate surface area is 173 Å². The van der Waals surface area contributed by atoms with Gasteiger partial charge in [0.1, 0.15) is 17.6 Å². The Hall–Kier alpha value is -2.51. The van der Waals surface area contributed by atoms with E-state index in [1.807, 2.05) is 49.4 Å². The van der Waals surface area contributed by atoms with E-state index in [0.717, 1.165) is 11.1 Å². The lowest BCUT2D eigenvalue weighted by Crippen LogP contribution is -2.26. The Balaban J connectivity index is 1.69. The lowest BCUT2D eigenvalue weighted by molar-refractivity contribution is -0.128. The van der Waals surface area contributed by atoms with Crippen LogP contribution in [-0.2, 0) is 11.4 Å². The third-order valence-corrected chi connectivity index (χ3v) is 5.53. The van der Waals surface area contributed by atoms with Crippen LogP contribution < -0.4 is 4.74 Å². The summed E-state index contributed by atoms with van der Waals surface area (Å²) >= 11 is 7.34. The topological polar surface area (TPSA) is 71.1 Å². The number of aromatic amines is 1. The fraction of sp³-hybridized carbons (Fsp3) is 0.250. The van der Waals surface area contributed by atoms with Gasteiger partial charge >= 0.3 is 0 Å². The number of rotatable bonds is 7. The number of halogens is 1. The summed E-state index contributed by atoms with van der Waals surface area (Å²) in [7, 11) is 3.48. The predicted octanol–water partition coefficient (Wildman–Crippen LogP) is 4.27. The highest BCUT2D eigenvalue weighted by atomic mass is 35.5. The van der Waals surface area contributed by atoms with Gasteiger partial charge in [0.15, 0.2) is 5.82 Å². The van der Waals surface area contributed by atoms with Gasteiger partial charge in [-0.25, -0.2) is 4.98 Å². The van der Waals surface area contributed by atoms with Crippen LogP contribution in [0.25, 0.3) is 0 Å². The second-order valence-corrected chi connectivity index (χ2v) is 7.89. The van der Waals surface area contributed by atoms with Crippen molar-refractivity contribution in [2.24, 2.45) is 0 Å². The van der Waals surface area contributed by atoms with E-state index in [1.165, 1.54) is 11.8 Å². The fourth-order valence-electron chi connectivity index (χ4n) is 2.48. The van der Waals surface area contributed by atoms with Crippen molar-refractivity contribution in [1.82, 2.24) is 20.1 Å². The van der Waals surface area contributed by atoms with E-state index in [1.54, 1.807) is 25.1 Å². The number of nitrogens with one attached hydrogen (secondary N) is 1. The van der Waals surface area contributed by atoms with Gasteiger partial charge in [0.2, 0.25) is 11.1 Å². The van der Waals surface area contributed by atoms with Crippen molar-refractivity contribution >= 4 is 29.3 Å². The number of hydrogen-bond donors (Lipinski definition) is 1. The van der Waals surface area contributed by atoms with Gasteiger partial charge in [-0.1, -0.05) is 53.7 Å². The molecule has 146 valence electrons. The van der Waals surface area contributed by atoms with E-state index in [2.05, 4.69) is 15.2 Å². The summed E-state index contributed by atoms with van der Waals surface area (Å²) in [5, 5.41) is 7.87. The van der Waals surface area contributed by atoms with E-state index >= 15 is 0 Å². The van der Waals surface area contributed by atoms with E-state index in [-0.39, 0.29) is 12.5 Å². The van der Waals surface area contributed by atoms with Gasteiger partial charge in [-0.2, -0.15) is 0 Å². The molecule has 0 fully saturated rings. The first-order chi connectivity index (χ1) is 13.4. The Morgan fingerprint density at radius 2 is 2.00 bits per heavy atom. The van der Waals surface area contributed by atoms with Crippen LogP contribution in [0.5, 0.6) is 5.75 Å². The molecule has 6 nitrogen and oxygen atoms in total. The first kappa shape index (κ1) is 20.2. The molecule has 0 radical (unpaired) electrons. The molecular formula is C20H21ClN4O2S. The molecule has 0 aliphatic rings. The van der Waals surface area contributed by atoms with Gasteiger partial charge in [0, 0.05) is 19.1 Å². The smallest absolute Gasteiger partial charge is 0.240 e. The normalized spacial score (nSPS) is 11.9. The highest BCUT2D eigenvalue weighted by Gasteiger charge is 2.25. The molecule has 0 saturated carbocycles. The molecule has 1 N–H and O–H groups in total. The Morgan fingerprint density at radius 3 is 2.68 bits per heavy atom. The fourth-order valence-corrected chi connectivity index (χ4v) is 3.68. The second kappa shape index (κ2) is 9.12. The van der Waals surface area contributed by atoms with E-state index < -0.39 is 5.25 Å². The number of ether oxygens (including phenoxy) is 1. The first-order valence-corrected chi connectivity index (χ1v) is 9.93. The summed E-state index contributed by atoms with van der Waals surface area (Å²) in [6.45, 7) is 2.16. The second-order valence-electron chi connectivity index (χ2n) is 6.41. The molecule has 0 aliphatic carbocycles. The monoisotopic (exact) mass is 416 g/mol. The molecule has 0 bridgehead atoms. The summed E-state index contributed by atoms with van der Waals surface area (Å²) in [5.74, 6) is 1.27. The average Bonchev–Trinajstić information content (AvgIpc) is 3.14. The molecule has 0 spiro atoms. The number of nitrogens with zero attached hydrogens (tertiary/aromatic N) is 3. The van der Waals surface area contributed by atoms with Crippen LogP contribution in [0, 0.1) is 6.92 Å². The molecule has 28 heavy (non-hydrogen) atoms. The van der Waals surface area contributed by atoms with Crippen molar-refractivity contribution in [2.45, 2.75) is 23.9 Å². The summed E-state index contributed by atoms with van der Waals surface area (Å²) < 4.78 is 5.74. The standard InChI is InChI=1S/C20H21ClN4O2S/c1-13-11-15(9-10-16(13)21)27-12-17-22-20(24-23-17)28-18(19(26)25(2)3)14-7-5-4-6-8-14/h4-11,18H,12H2,1-3H3,(H,22,23,24)/t18-/m0/s1. The SMILES string of the molecule is Cc1cc(OCc2nc(S[C@H](C(=O)N(C)C)c3ccccc3)n[nH]2)ccc1Cl. The molecule has 1 amide bonds. The summed E-state index contributed by atoms with van der Waals surface area (Å²) in [6, 6.07) is 15.1. The number of carbonyl (C=O) groups is 1. The molecule has 8 heteroatoms. The van der Waals surface area contributed by atoms with Crippen molar-refractivity contribution in [3.05, 3.63) is 70.5 Å². The minimum absolute atomic E-state index is 0.0181. The molecule has 3 rings (SSSR count). The van der Waals surface area contributed by atoms with Gasteiger partial charge < -0.3 is 9.64 Å². The molecule has 1 atom stereocenters.